The zero-order chi connectivity index (χ0) is 2.00. The Bertz CT molecular complexity index is 8.00. The van der Waals surface area contributed by atoms with E-state index in [1.165, 1.54) is 0 Å². The van der Waals surface area contributed by atoms with Gasteiger partial charge in [-0.25, -0.2) is 0 Å². The van der Waals surface area contributed by atoms with Crippen LogP contribution in [0.1, 0.15) is 0 Å². The molecule has 0 atom stereocenters. The van der Waals surface area contributed by atoms with Gasteiger partial charge in [0, 0.05) is 33.6 Å². The minimum absolute atomic E-state index is 0. The summed E-state index contributed by atoms with van der Waals surface area (Å²) in [6.07, 6.45) is 0. The molecule has 0 fully saturated rings. The molecule has 0 aliphatic rings. The Balaban J connectivity index is -0.00000000500. The molecule has 0 rings (SSSR count). The summed E-state index contributed by atoms with van der Waals surface area (Å²) in [5.41, 5.74) is 0. The zero-order valence-electron chi connectivity index (χ0n) is 1.73. The average Bonchev–Trinajstić information content (AvgIpc) is 1.00. The third-order valence-corrected chi connectivity index (χ3v) is 0. The summed E-state index contributed by atoms with van der Waals surface area (Å²) in [5.74, 6) is 0. The molecule has 0 saturated heterocycles. The van der Waals surface area contributed by atoms with Crippen LogP contribution >= 0.6 is 0 Å². The van der Waals surface area contributed by atoms with Crippen LogP contribution in [0.4, 0.5) is 0 Å². The van der Waals surface area contributed by atoms with Crippen LogP contribution in [0, 0.1) is 0 Å². The van der Waals surface area contributed by atoms with Crippen molar-refractivity contribution in [1.82, 2.24) is 0 Å². The van der Waals surface area contributed by atoms with Crippen LogP contribution in [0.2, 0.25) is 0 Å². The third-order valence-electron chi connectivity index (χ3n) is 0. The van der Waals surface area contributed by atoms with Crippen LogP contribution in [0.3, 0.4) is 0 Å². The van der Waals surface area contributed by atoms with E-state index < -0.39 is 0 Å². The van der Waals surface area contributed by atoms with Crippen molar-refractivity contribution in [2.24, 2.45) is 0 Å². The van der Waals surface area contributed by atoms with Gasteiger partial charge >= 0.3 is 20.0 Å². The maximum atomic E-state index is 8.28. The predicted octanol–water partition coefficient (Wildman–Crippen LogP) is -0.772. The van der Waals surface area contributed by atoms with E-state index in [0.29, 0.717) is 16.2 Å². The Morgan fingerprint density at radius 2 is 1.25 bits per heavy atom. The van der Waals surface area contributed by atoms with Gasteiger partial charge in [0.25, 0.3) is 0 Å². The SMILES string of the molecule is [Cu].[Ni].[O]=[AlH]. The fourth-order valence-electron chi connectivity index (χ4n) is 0. The Kier molecular flexibility index (Phi) is 123. The normalized spacial score (nSPS) is 0.750. The first-order valence-electron chi connectivity index (χ1n) is 0.289. The van der Waals surface area contributed by atoms with Crippen molar-refractivity contribution < 1.29 is 37.4 Å². The average molecular weight is 166 g/mol. The second-order valence-electron chi connectivity index (χ2n) is 0. The Morgan fingerprint density at radius 3 is 1.25 bits per heavy atom. The Labute approximate surface area is 53.6 Å². The topological polar surface area (TPSA) is 17.1 Å². The summed E-state index contributed by atoms with van der Waals surface area (Å²) in [7, 11) is 0. The standard InChI is InChI=1S/Al.Cu.Ni.O.H. The Morgan fingerprint density at radius 1 is 1.25 bits per heavy atom. The molecule has 0 aromatic heterocycles. The number of rotatable bonds is 0. The molecular formula is HAlCuNiO. The number of hydrogen-bond donors (Lipinski definition) is 0. The summed E-state index contributed by atoms with van der Waals surface area (Å²) in [6.45, 7) is 0. The van der Waals surface area contributed by atoms with Crippen LogP contribution in [-0.4, -0.2) is 16.2 Å². The molecule has 0 N–H and O–H groups in total. The monoisotopic (exact) mass is 165 g/mol. The molecule has 0 aliphatic heterocycles. The quantitative estimate of drug-likeness (QED) is 0.432. The van der Waals surface area contributed by atoms with Crippen LogP contribution < -0.4 is 0 Å². The second-order valence-corrected chi connectivity index (χ2v) is 0. The van der Waals surface area contributed by atoms with Gasteiger partial charge in [0.1, 0.15) is 0 Å². The maximum absolute atomic E-state index is 8.28. The first-order valence-corrected chi connectivity index (χ1v) is 0.866. The summed E-state index contributed by atoms with van der Waals surface area (Å²) in [4.78, 5) is 0. The van der Waals surface area contributed by atoms with Gasteiger partial charge in [-0.3, -0.25) is 0 Å². The van der Waals surface area contributed by atoms with Crippen LogP contribution in [-0.2, 0) is 37.4 Å². The third kappa shape index (κ3) is 10.2. The summed E-state index contributed by atoms with van der Waals surface area (Å²) < 4.78 is 8.28. The molecule has 0 spiro atoms. The van der Waals surface area contributed by atoms with Crippen molar-refractivity contribution >= 4 is 16.2 Å². The molecular weight excluding hydrogens is 165 g/mol. The van der Waals surface area contributed by atoms with Crippen molar-refractivity contribution in [3.63, 3.8) is 0 Å². The molecule has 31 valence electrons. The van der Waals surface area contributed by atoms with Gasteiger partial charge in [0.05, 0.1) is 0 Å². The van der Waals surface area contributed by atoms with E-state index in [2.05, 4.69) is 0 Å². The summed E-state index contributed by atoms with van der Waals surface area (Å²) in [6, 6.07) is 0. The van der Waals surface area contributed by atoms with Crippen molar-refractivity contribution in [1.29, 1.82) is 0 Å². The van der Waals surface area contributed by atoms with Crippen molar-refractivity contribution in [3.05, 3.63) is 0 Å². The van der Waals surface area contributed by atoms with E-state index >= 15 is 0 Å². The fraction of sp³-hybridized carbons (Fsp3) is 0. The van der Waals surface area contributed by atoms with Crippen molar-refractivity contribution in [2.75, 3.05) is 0 Å². The van der Waals surface area contributed by atoms with E-state index in [1.807, 2.05) is 0 Å². The molecule has 0 unspecified atom stereocenters. The molecule has 4 heavy (non-hydrogen) atoms. The molecule has 1 nitrogen and oxygen atoms in total. The van der Waals surface area contributed by atoms with E-state index in [4.69, 9.17) is 3.80 Å². The van der Waals surface area contributed by atoms with Gasteiger partial charge < -0.3 is 0 Å². The van der Waals surface area contributed by atoms with Gasteiger partial charge in [-0.1, -0.05) is 0 Å². The first-order chi connectivity index (χ1) is 1.00. The molecule has 0 aromatic carbocycles. The molecule has 0 aromatic rings. The van der Waals surface area contributed by atoms with E-state index in [0.717, 1.165) is 0 Å². The van der Waals surface area contributed by atoms with Gasteiger partial charge in [-0.2, -0.15) is 0 Å². The van der Waals surface area contributed by atoms with E-state index in [9.17, 15) is 0 Å². The molecule has 4 heteroatoms. The minimum atomic E-state index is 0. The van der Waals surface area contributed by atoms with Crippen LogP contribution in [0.25, 0.3) is 0 Å². The Hall–Kier alpha value is 1.35. The van der Waals surface area contributed by atoms with Gasteiger partial charge in [-0.15, -0.1) is 0 Å². The summed E-state index contributed by atoms with van der Waals surface area (Å²) in [5, 5.41) is 0. The fourth-order valence-corrected chi connectivity index (χ4v) is 0. The van der Waals surface area contributed by atoms with Crippen LogP contribution in [0.15, 0.2) is 0 Å². The zero-order valence-corrected chi connectivity index (χ0v) is 5.08. The molecule has 0 amide bonds. The van der Waals surface area contributed by atoms with Gasteiger partial charge in [0.15, 0.2) is 0 Å². The molecule has 0 aliphatic carbocycles. The van der Waals surface area contributed by atoms with Crippen molar-refractivity contribution in [3.8, 4) is 0 Å². The number of hydrogen-bond acceptors (Lipinski definition) is 1. The summed E-state index contributed by atoms with van der Waals surface area (Å²) >= 11 is 0.611. The van der Waals surface area contributed by atoms with Crippen LogP contribution in [0.5, 0.6) is 0 Å². The van der Waals surface area contributed by atoms with E-state index in [-0.39, 0.29) is 33.6 Å². The van der Waals surface area contributed by atoms with Crippen molar-refractivity contribution in [2.45, 2.75) is 0 Å². The van der Waals surface area contributed by atoms with Gasteiger partial charge in [-0.05, 0) is 0 Å². The molecule has 0 heterocycles. The van der Waals surface area contributed by atoms with E-state index in [1.54, 1.807) is 0 Å². The van der Waals surface area contributed by atoms with Gasteiger partial charge in [0.2, 0.25) is 0 Å². The molecule has 0 saturated carbocycles. The predicted molar refractivity (Wildman–Crippen MR) is 7.84 cm³/mol. The molecule has 0 bridgehead atoms. The second kappa shape index (κ2) is 26.9. The molecule has 1 radical (unpaired) electrons. The first kappa shape index (κ1) is 18.3.